The van der Waals surface area contributed by atoms with E-state index in [1.807, 2.05) is 31.2 Å². The number of hydrogen-bond acceptors (Lipinski definition) is 5. The van der Waals surface area contributed by atoms with Crippen LogP contribution in [0.4, 0.5) is 0 Å². The molecule has 0 saturated carbocycles. The number of aryl methyl sites for hydroxylation is 2. The third kappa shape index (κ3) is 4.79. The minimum Gasteiger partial charge on any atom is -0.349 e. The van der Waals surface area contributed by atoms with Crippen molar-refractivity contribution in [1.29, 1.82) is 5.26 Å². The molecule has 24 heavy (non-hydrogen) atoms. The predicted molar refractivity (Wildman–Crippen MR) is 97.6 cm³/mol. The van der Waals surface area contributed by atoms with Gasteiger partial charge in [-0.05, 0) is 38.5 Å². The first-order valence-electron chi connectivity index (χ1n) is 7.33. The smallest absolute Gasteiger partial charge is 0.230 e. The number of hydrogen-bond donors (Lipinski definition) is 1. The second-order valence-electron chi connectivity index (χ2n) is 5.28. The van der Waals surface area contributed by atoms with Crippen molar-refractivity contribution in [3.05, 3.63) is 51.4 Å². The lowest BCUT2D eigenvalue weighted by Gasteiger charge is -2.14. The van der Waals surface area contributed by atoms with E-state index in [1.165, 1.54) is 11.8 Å². The van der Waals surface area contributed by atoms with Crippen LogP contribution in [0.3, 0.4) is 0 Å². The number of halogens is 1. The lowest BCUT2D eigenvalue weighted by Crippen LogP contribution is -2.28. The highest BCUT2D eigenvalue weighted by molar-refractivity contribution is 9.10. The fourth-order valence-electron chi connectivity index (χ4n) is 2.17. The molecule has 0 bridgehead atoms. The Hall–Kier alpha value is -1.91. The lowest BCUT2D eigenvalue weighted by molar-refractivity contribution is -0.119. The highest BCUT2D eigenvalue weighted by atomic mass is 79.9. The van der Waals surface area contributed by atoms with Crippen LogP contribution < -0.4 is 5.32 Å². The van der Waals surface area contributed by atoms with Crippen molar-refractivity contribution in [3.8, 4) is 6.07 Å². The minimum absolute atomic E-state index is 0.0875. The average molecular weight is 405 g/mol. The first kappa shape index (κ1) is 18.4. The number of carbonyl (C=O) groups excluding carboxylic acids is 1. The monoisotopic (exact) mass is 404 g/mol. The van der Waals surface area contributed by atoms with E-state index in [0.29, 0.717) is 22.1 Å². The molecule has 5 nitrogen and oxygen atoms in total. The molecule has 0 fully saturated rings. The molecular formula is C17H17BrN4OS. The molecule has 1 aromatic carbocycles. The van der Waals surface area contributed by atoms with Gasteiger partial charge in [-0.25, -0.2) is 9.97 Å². The van der Waals surface area contributed by atoms with Crippen LogP contribution in [0.15, 0.2) is 33.8 Å². The summed E-state index contributed by atoms with van der Waals surface area (Å²) in [5.41, 5.74) is 2.10. The highest BCUT2D eigenvalue weighted by Gasteiger charge is 2.14. The van der Waals surface area contributed by atoms with Crippen LogP contribution in [0.1, 0.15) is 35.6 Å². The number of benzene rings is 1. The maximum atomic E-state index is 12.2. The summed E-state index contributed by atoms with van der Waals surface area (Å²) in [6.45, 7) is 5.48. The van der Waals surface area contributed by atoms with E-state index in [2.05, 4.69) is 37.3 Å². The third-order valence-corrected chi connectivity index (χ3v) is 4.87. The molecule has 1 atom stereocenters. The zero-order chi connectivity index (χ0) is 17.7. The maximum Gasteiger partial charge on any atom is 0.230 e. The molecule has 0 saturated heterocycles. The van der Waals surface area contributed by atoms with Gasteiger partial charge >= 0.3 is 0 Å². The Balaban J connectivity index is 1.99. The van der Waals surface area contributed by atoms with Crippen molar-refractivity contribution in [2.75, 3.05) is 5.75 Å². The number of aromatic nitrogens is 2. The molecule has 0 spiro atoms. The molecular weight excluding hydrogens is 388 g/mol. The van der Waals surface area contributed by atoms with E-state index >= 15 is 0 Å². The van der Waals surface area contributed by atoms with Crippen molar-refractivity contribution in [3.63, 3.8) is 0 Å². The quantitative estimate of drug-likeness (QED) is 0.606. The fraction of sp³-hybridized carbons (Fsp3) is 0.294. The minimum atomic E-state index is -0.103. The standard InChI is InChI=1S/C17H17BrN4OS/c1-10(13-4-6-14(18)7-5-13)21-16(23)9-24-17-15(8-19)11(2)20-12(3)22-17/h4-7,10H,9H2,1-3H3,(H,21,23). The lowest BCUT2D eigenvalue weighted by atomic mass is 10.1. The number of amides is 1. The van der Waals surface area contributed by atoms with Crippen molar-refractivity contribution in [2.45, 2.75) is 31.8 Å². The summed E-state index contributed by atoms with van der Waals surface area (Å²) in [6, 6.07) is 9.83. The van der Waals surface area contributed by atoms with Crippen LogP contribution >= 0.6 is 27.7 Å². The average Bonchev–Trinajstić information content (AvgIpc) is 2.53. The van der Waals surface area contributed by atoms with Gasteiger partial charge in [0.25, 0.3) is 0 Å². The topological polar surface area (TPSA) is 78.7 Å². The molecule has 7 heteroatoms. The molecule has 1 unspecified atom stereocenters. The SMILES string of the molecule is Cc1nc(C)c(C#N)c(SCC(=O)NC(C)c2ccc(Br)cc2)n1. The molecule has 2 rings (SSSR count). The molecule has 0 aliphatic heterocycles. The van der Waals surface area contributed by atoms with Gasteiger partial charge in [0.05, 0.1) is 17.5 Å². The van der Waals surface area contributed by atoms with Crippen LogP contribution in [0.2, 0.25) is 0 Å². The number of thioether (sulfide) groups is 1. The van der Waals surface area contributed by atoms with E-state index in [1.54, 1.807) is 13.8 Å². The van der Waals surface area contributed by atoms with Crippen molar-refractivity contribution in [2.24, 2.45) is 0 Å². The molecule has 1 heterocycles. The summed E-state index contributed by atoms with van der Waals surface area (Å²) < 4.78 is 0.999. The molecule has 0 radical (unpaired) electrons. The fourth-order valence-corrected chi connectivity index (χ4v) is 3.32. The van der Waals surface area contributed by atoms with Crippen molar-refractivity contribution in [1.82, 2.24) is 15.3 Å². The van der Waals surface area contributed by atoms with Crippen LogP contribution in [0, 0.1) is 25.2 Å². The number of nitrogens with one attached hydrogen (secondary N) is 1. The van der Waals surface area contributed by atoms with E-state index in [-0.39, 0.29) is 17.7 Å². The van der Waals surface area contributed by atoms with Crippen molar-refractivity contribution >= 4 is 33.6 Å². The van der Waals surface area contributed by atoms with Gasteiger partial charge in [-0.3, -0.25) is 4.79 Å². The summed E-state index contributed by atoms with van der Waals surface area (Å²) >= 11 is 4.65. The van der Waals surface area contributed by atoms with Gasteiger partial charge in [0.15, 0.2) is 0 Å². The van der Waals surface area contributed by atoms with Crippen molar-refractivity contribution < 1.29 is 4.79 Å². The van der Waals surface area contributed by atoms with Crippen LogP contribution in [-0.4, -0.2) is 21.6 Å². The van der Waals surface area contributed by atoms with Gasteiger partial charge in [0.2, 0.25) is 5.91 Å². The first-order chi connectivity index (χ1) is 11.4. The van der Waals surface area contributed by atoms with Gasteiger partial charge in [0.1, 0.15) is 22.5 Å². The van der Waals surface area contributed by atoms with E-state index in [4.69, 9.17) is 0 Å². The maximum absolute atomic E-state index is 12.2. The third-order valence-electron chi connectivity index (χ3n) is 3.37. The Kier molecular flexibility index (Phi) is 6.35. The van der Waals surface area contributed by atoms with Gasteiger partial charge in [-0.1, -0.05) is 39.8 Å². The number of rotatable bonds is 5. The van der Waals surface area contributed by atoms with Crippen LogP contribution in [0.25, 0.3) is 0 Å². The van der Waals surface area contributed by atoms with Gasteiger partial charge in [-0.15, -0.1) is 0 Å². The Morgan fingerprint density at radius 3 is 2.62 bits per heavy atom. The van der Waals surface area contributed by atoms with Crippen LogP contribution in [0.5, 0.6) is 0 Å². The molecule has 0 aliphatic carbocycles. The number of carbonyl (C=O) groups is 1. The van der Waals surface area contributed by atoms with Crippen LogP contribution in [-0.2, 0) is 4.79 Å². The Bertz CT molecular complexity index is 786. The second kappa shape index (κ2) is 8.27. The molecule has 2 aromatic rings. The highest BCUT2D eigenvalue weighted by Crippen LogP contribution is 2.22. The number of nitriles is 1. The summed E-state index contributed by atoms with van der Waals surface area (Å²) in [4.78, 5) is 20.6. The first-order valence-corrected chi connectivity index (χ1v) is 9.11. The molecule has 1 aromatic heterocycles. The summed E-state index contributed by atoms with van der Waals surface area (Å²) in [5.74, 6) is 0.691. The zero-order valence-electron chi connectivity index (χ0n) is 13.6. The Labute approximate surface area is 154 Å². The van der Waals surface area contributed by atoms with E-state index in [0.717, 1.165) is 10.0 Å². The second-order valence-corrected chi connectivity index (χ2v) is 7.16. The van der Waals surface area contributed by atoms with E-state index in [9.17, 15) is 10.1 Å². The molecule has 124 valence electrons. The molecule has 1 N–H and O–H groups in total. The van der Waals surface area contributed by atoms with Gasteiger partial charge < -0.3 is 5.32 Å². The predicted octanol–water partition coefficient (Wildman–Crippen LogP) is 3.70. The normalized spacial score (nSPS) is 11.6. The molecule has 0 aliphatic rings. The largest absolute Gasteiger partial charge is 0.349 e. The zero-order valence-corrected chi connectivity index (χ0v) is 16.0. The molecule has 1 amide bonds. The summed E-state index contributed by atoms with van der Waals surface area (Å²) in [7, 11) is 0. The summed E-state index contributed by atoms with van der Waals surface area (Å²) in [5, 5.41) is 12.7. The van der Waals surface area contributed by atoms with E-state index < -0.39 is 0 Å². The number of nitrogens with zero attached hydrogens (tertiary/aromatic N) is 3. The Morgan fingerprint density at radius 2 is 2.00 bits per heavy atom. The summed E-state index contributed by atoms with van der Waals surface area (Å²) in [6.07, 6.45) is 0. The van der Waals surface area contributed by atoms with Gasteiger partial charge in [-0.2, -0.15) is 5.26 Å². The Morgan fingerprint density at radius 1 is 1.33 bits per heavy atom. The van der Waals surface area contributed by atoms with Gasteiger partial charge in [0, 0.05) is 4.47 Å².